The first-order valence-corrected chi connectivity index (χ1v) is 23.3. The topological polar surface area (TPSA) is 203 Å². The Bertz CT molecular complexity index is 1580. The summed E-state index contributed by atoms with van der Waals surface area (Å²) in [6.45, 7) is 21.1. The lowest BCUT2D eigenvalue weighted by Crippen LogP contribution is -2.70. The van der Waals surface area contributed by atoms with Crippen molar-refractivity contribution in [1.29, 1.82) is 0 Å². The summed E-state index contributed by atoms with van der Waals surface area (Å²) < 4.78 is 46.0. The van der Waals surface area contributed by atoms with Crippen LogP contribution < -0.4 is 15.4 Å². The Hall–Kier alpha value is -1.77. The third-order valence-electron chi connectivity index (χ3n) is 14.0. The number of carbonyl (C=O) groups excluding carboxylic acids is 1. The number of ether oxygens (including phenoxy) is 7. The van der Waals surface area contributed by atoms with E-state index in [1.807, 2.05) is 48.7 Å². The van der Waals surface area contributed by atoms with Crippen molar-refractivity contribution in [3.63, 3.8) is 0 Å². The number of rotatable bonds is 13. The third kappa shape index (κ3) is 12.6. The predicted octanol–water partition coefficient (Wildman–Crippen LogP) is 4.06. The number of aliphatic hydroxyl groups is 4. The number of aliphatic hydroxyl groups excluding tert-OH is 1. The van der Waals surface area contributed by atoms with Crippen LogP contribution in [0.5, 0.6) is 5.75 Å². The number of pyridine rings is 1. The highest BCUT2D eigenvalue weighted by Crippen LogP contribution is 2.43. The number of likely N-dealkylation sites (N-methyl/N-ethyl adjacent to an activating group) is 1. The summed E-state index contributed by atoms with van der Waals surface area (Å²) in [5.41, 5.74) is -6.02. The Morgan fingerprint density at radius 1 is 1.00 bits per heavy atom. The number of esters is 1. The number of hydrogen-bond acceptors (Lipinski definition) is 16. The number of carbonyl (C=O) groups is 1. The van der Waals surface area contributed by atoms with Gasteiger partial charge in [-0.2, -0.15) is 0 Å². The number of nitrogens with zero attached hydrogens (tertiary/aromatic N) is 2. The van der Waals surface area contributed by atoms with Gasteiger partial charge in [-0.15, -0.1) is 0 Å². The molecule has 4 rings (SSSR count). The van der Waals surface area contributed by atoms with Gasteiger partial charge in [0.15, 0.2) is 18.7 Å². The van der Waals surface area contributed by atoms with Crippen molar-refractivity contribution < 1.29 is 58.4 Å². The molecule has 1 aromatic rings. The van der Waals surface area contributed by atoms with Gasteiger partial charge in [0.05, 0.1) is 48.2 Å². The molecule has 17 heteroatoms. The van der Waals surface area contributed by atoms with Crippen molar-refractivity contribution in [2.75, 3.05) is 40.8 Å². The summed E-state index contributed by atoms with van der Waals surface area (Å²) in [6.07, 6.45) is -4.79. The molecule has 3 saturated heterocycles. The SMILES string of the molecule is CCCNC[C@]1(O)[C@H](C)O[C@@H](O[C@H]2[C@H](C)[C@@H](O[C@@H]3O[C@H](C)C[C@H](N(C)C)[C@H]3Oc3ccc(Cl)nc3)[C@](C)(O)C[C@@H](C)CN[C@H](C)[C@@H](O)[C@](C)(O)[C@@H](CC)OC(=O)[C@@H]2C)C[C@@]1(C)OC. The normalized spacial score (nSPS) is 43.8. The molecule has 0 aromatic carbocycles. The Labute approximate surface area is 381 Å². The standard InChI is InChI=1S/C46H81ClN4O12/c1-15-19-48-25-46(56)31(8)59-36(22-44(46,10)57-14)62-37-28(5)40(63-42-38(33(51(12)13)20-27(4)58-42)60-32-17-18-35(47)50-24-32)43(9,54)21-26(3)23-49-30(7)39(52)45(11,55)34(16-2)61-41(53)29(37)6/h17-18,24,26-31,33-34,36-40,42,48-49,52,54-56H,15-16,19-23,25H2,1-14H3/t26-,27-,28+,29-,30-,31+,33+,34-,36+,37+,38-,39-,40-,42+,43-,44-,45-,46+/m1/s1. The number of methoxy groups -OCH3 is 1. The van der Waals surface area contributed by atoms with Gasteiger partial charge < -0.3 is 69.1 Å². The predicted molar refractivity (Wildman–Crippen MR) is 239 cm³/mol. The zero-order valence-corrected chi connectivity index (χ0v) is 41.1. The first kappa shape index (κ1) is 53.8. The van der Waals surface area contributed by atoms with Gasteiger partial charge >= 0.3 is 5.97 Å². The minimum absolute atomic E-state index is 0.0862. The highest BCUT2D eigenvalue weighted by atomic mass is 35.5. The molecule has 3 aliphatic rings. The van der Waals surface area contributed by atoms with E-state index >= 15 is 0 Å². The van der Waals surface area contributed by atoms with Gasteiger partial charge in [-0.25, -0.2) is 4.98 Å². The lowest BCUT2D eigenvalue weighted by molar-refractivity contribution is -0.335. The maximum Gasteiger partial charge on any atom is 0.311 e. The highest BCUT2D eigenvalue weighted by Gasteiger charge is 2.58. The summed E-state index contributed by atoms with van der Waals surface area (Å²) in [5.74, 6) is -2.26. The summed E-state index contributed by atoms with van der Waals surface area (Å²) >= 11 is 6.14. The molecule has 0 spiro atoms. The van der Waals surface area contributed by atoms with E-state index in [1.54, 1.807) is 53.9 Å². The van der Waals surface area contributed by atoms with Crippen LogP contribution in [0.1, 0.15) is 108 Å². The average molecular weight is 918 g/mol. The summed E-state index contributed by atoms with van der Waals surface area (Å²) in [7, 11) is 5.47. The van der Waals surface area contributed by atoms with Crippen LogP contribution in [0, 0.1) is 17.8 Å². The highest BCUT2D eigenvalue weighted by molar-refractivity contribution is 6.29. The molecular weight excluding hydrogens is 836 g/mol. The summed E-state index contributed by atoms with van der Waals surface area (Å²) in [4.78, 5) is 20.8. The number of aromatic nitrogens is 1. The van der Waals surface area contributed by atoms with Gasteiger partial charge in [-0.3, -0.25) is 4.79 Å². The minimum Gasteiger partial charge on any atom is -0.482 e. The van der Waals surface area contributed by atoms with Crippen molar-refractivity contribution in [2.24, 2.45) is 17.8 Å². The van der Waals surface area contributed by atoms with Crippen LogP contribution in [-0.4, -0.2) is 167 Å². The van der Waals surface area contributed by atoms with Crippen LogP contribution >= 0.6 is 11.6 Å². The number of hydrogen-bond donors (Lipinski definition) is 6. The molecule has 0 aliphatic carbocycles. The van der Waals surface area contributed by atoms with E-state index in [-0.39, 0.29) is 43.9 Å². The first-order valence-electron chi connectivity index (χ1n) is 23.0. The van der Waals surface area contributed by atoms with Crippen molar-refractivity contribution in [1.82, 2.24) is 20.5 Å². The van der Waals surface area contributed by atoms with E-state index in [9.17, 15) is 25.2 Å². The maximum atomic E-state index is 14.5. The monoisotopic (exact) mass is 917 g/mol. The number of cyclic esters (lactones) is 1. The van der Waals surface area contributed by atoms with Gasteiger partial charge in [-0.1, -0.05) is 39.3 Å². The fraction of sp³-hybridized carbons (Fsp3) is 0.870. The lowest BCUT2D eigenvalue weighted by Gasteiger charge is -2.53. The van der Waals surface area contributed by atoms with Crippen LogP contribution in [-0.2, 0) is 33.2 Å². The van der Waals surface area contributed by atoms with E-state index in [1.165, 1.54) is 13.1 Å². The van der Waals surface area contributed by atoms with Crippen LogP contribution in [0.15, 0.2) is 18.3 Å². The van der Waals surface area contributed by atoms with Crippen molar-refractivity contribution in [3.05, 3.63) is 23.5 Å². The molecule has 0 amide bonds. The van der Waals surface area contributed by atoms with E-state index < -0.39 is 95.5 Å². The molecule has 3 fully saturated rings. The van der Waals surface area contributed by atoms with Crippen molar-refractivity contribution in [3.8, 4) is 5.75 Å². The molecule has 364 valence electrons. The Kier molecular flexibility index (Phi) is 19.1. The van der Waals surface area contributed by atoms with Gasteiger partial charge in [0, 0.05) is 32.0 Å². The van der Waals surface area contributed by atoms with E-state index in [0.717, 1.165) is 6.42 Å². The molecule has 0 radical (unpaired) electrons. The molecule has 0 saturated carbocycles. The quantitative estimate of drug-likeness (QED) is 0.0939. The summed E-state index contributed by atoms with van der Waals surface area (Å²) in [5, 5.41) is 55.3. The third-order valence-corrected chi connectivity index (χ3v) is 14.2. The van der Waals surface area contributed by atoms with Crippen molar-refractivity contribution >= 4 is 17.6 Å². The number of nitrogens with one attached hydrogen (secondary N) is 2. The van der Waals surface area contributed by atoms with E-state index in [0.29, 0.717) is 30.4 Å². The van der Waals surface area contributed by atoms with Gasteiger partial charge in [0.25, 0.3) is 0 Å². The molecule has 4 heterocycles. The molecule has 3 aliphatic heterocycles. The second kappa shape index (κ2) is 22.4. The molecule has 63 heavy (non-hydrogen) atoms. The van der Waals surface area contributed by atoms with Crippen LogP contribution in [0.25, 0.3) is 0 Å². The molecule has 0 unspecified atom stereocenters. The fourth-order valence-electron chi connectivity index (χ4n) is 9.91. The molecule has 0 bridgehead atoms. The first-order chi connectivity index (χ1) is 29.3. The van der Waals surface area contributed by atoms with Crippen LogP contribution in [0.3, 0.4) is 0 Å². The van der Waals surface area contributed by atoms with E-state index in [4.69, 9.17) is 44.8 Å². The zero-order chi connectivity index (χ0) is 47.2. The number of halogens is 1. The molecular formula is C46H81ClN4O12. The van der Waals surface area contributed by atoms with E-state index in [2.05, 4.69) is 20.5 Å². The zero-order valence-electron chi connectivity index (χ0n) is 40.3. The summed E-state index contributed by atoms with van der Waals surface area (Å²) in [6, 6.07) is 2.57. The van der Waals surface area contributed by atoms with Crippen LogP contribution in [0.2, 0.25) is 5.15 Å². The van der Waals surface area contributed by atoms with Crippen LogP contribution in [0.4, 0.5) is 0 Å². The lowest BCUT2D eigenvalue weighted by atomic mass is 9.75. The Balaban J connectivity index is 1.86. The van der Waals surface area contributed by atoms with Crippen molar-refractivity contribution in [2.45, 2.75) is 198 Å². The fourth-order valence-corrected chi connectivity index (χ4v) is 10.0. The smallest absolute Gasteiger partial charge is 0.311 e. The Morgan fingerprint density at radius 3 is 2.27 bits per heavy atom. The Morgan fingerprint density at radius 2 is 1.68 bits per heavy atom. The molecule has 18 atom stereocenters. The molecule has 1 aromatic heterocycles. The minimum atomic E-state index is -1.83. The maximum absolute atomic E-state index is 14.5. The second-order valence-electron chi connectivity index (χ2n) is 19.6. The largest absolute Gasteiger partial charge is 0.482 e. The average Bonchev–Trinajstić information content (AvgIpc) is 3.22. The molecule has 16 nitrogen and oxygen atoms in total. The van der Waals surface area contributed by atoms with Gasteiger partial charge in [0.1, 0.15) is 39.9 Å². The van der Waals surface area contributed by atoms with Gasteiger partial charge in [0.2, 0.25) is 0 Å². The molecule has 6 N–H and O–H groups in total. The second-order valence-corrected chi connectivity index (χ2v) is 20.0. The van der Waals surface area contributed by atoms with Gasteiger partial charge in [-0.05, 0) is 119 Å².